The van der Waals surface area contributed by atoms with Crippen LogP contribution in [-0.2, 0) is 14.8 Å². The van der Waals surface area contributed by atoms with Crippen LogP contribution >= 0.6 is 0 Å². The highest BCUT2D eigenvalue weighted by atomic mass is 32.2. The van der Waals surface area contributed by atoms with E-state index in [0.29, 0.717) is 31.7 Å². The molecule has 0 radical (unpaired) electrons. The molecule has 1 aromatic carbocycles. The second kappa shape index (κ2) is 8.08. The van der Waals surface area contributed by atoms with Gasteiger partial charge in [-0.25, -0.2) is 8.42 Å². The lowest BCUT2D eigenvalue weighted by Crippen LogP contribution is -2.55. The van der Waals surface area contributed by atoms with E-state index in [4.69, 9.17) is 0 Å². The van der Waals surface area contributed by atoms with Gasteiger partial charge in [-0.1, -0.05) is 12.1 Å². The molecule has 2 saturated heterocycles. The van der Waals surface area contributed by atoms with E-state index < -0.39 is 10.0 Å². The molecule has 0 spiro atoms. The number of amides is 1. The summed E-state index contributed by atoms with van der Waals surface area (Å²) in [5.41, 5.74) is 0.494. The average Bonchev–Trinajstić information content (AvgIpc) is 3.21. The van der Waals surface area contributed by atoms with Crippen LogP contribution < -0.4 is 0 Å². The highest BCUT2D eigenvalue weighted by Crippen LogP contribution is 2.20. The van der Waals surface area contributed by atoms with Crippen LogP contribution in [0.3, 0.4) is 0 Å². The molecule has 1 atom stereocenters. The normalized spacial score (nSPS) is 20.6. The summed E-state index contributed by atoms with van der Waals surface area (Å²) in [5, 5.41) is 0. The zero-order valence-electron chi connectivity index (χ0n) is 15.9. The molecule has 148 valence electrons. The number of sulfonamides is 1. The van der Waals surface area contributed by atoms with E-state index in [-0.39, 0.29) is 22.6 Å². The van der Waals surface area contributed by atoms with Crippen LogP contribution in [0.1, 0.15) is 37.0 Å². The maximum atomic E-state index is 12.8. The monoisotopic (exact) mass is 393 g/mol. The largest absolute Gasteiger partial charge is 0.341 e. The second-order valence-corrected chi connectivity index (χ2v) is 9.17. The Labute approximate surface area is 161 Å². The number of piperazine rings is 1. The Morgan fingerprint density at radius 1 is 0.926 bits per heavy atom. The van der Waals surface area contributed by atoms with Gasteiger partial charge in [0.1, 0.15) is 0 Å². The molecule has 2 aliphatic rings. The van der Waals surface area contributed by atoms with Crippen molar-refractivity contribution in [2.45, 2.75) is 37.6 Å². The van der Waals surface area contributed by atoms with Crippen molar-refractivity contribution in [1.29, 1.82) is 0 Å². The third-order valence-electron chi connectivity index (χ3n) is 5.49. The van der Waals surface area contributed by atoms with Crippen molar-refractivity contribution in [3.8, 4) is 0 Å². The zero-order chi connectivity index (χ0) is 19.6. The van der Waals surface area contributed by atoms with Crippen molar-refractivity contribution in [2.24, 2.45) is 0 Å². The van der Waals surface area contributed by atoms with Gasteiger partial charge < -0.3 is 4.90 Å². The van der Waals surface area contributed by atoms with Gasteiger partial charge in [0.15, 0.2) is 5.78 Å². The lowest BCUT2D eigenvalue weighted by Gasteiger charge is -2.37. The summed E-state index contributed by atoms with van der Waals surface area (Å²) in [5.74, 6) is 0.0489. The summed E-state index contributed by atoms with van der Waals surface area (Å²) in [6, 6.07) is 5.84. The number of ketones is 1. The molecule has 0 N–H and O–H groups in total. The van der Waals surface area contributed by atoms with E-state index in [1.165, 1.54) is 23.4 Å². The summed E-state index contributed by atoms with van der Waals surface area (Å²) in [6.45, 7) is 6.79. The molecule has 2 aliphatic heterocycles. The molecule has 3 rings (SSSR count). The molecule has 0 bridgehead atoms. The third-order valence-corrected chi connectivity index (χ3v) is 7.41. The molecule has 1 aromatic rings. The molecule has 1 amide bonds. The highest BCUT2D eigenvalue weighted by molar-refractivity contribution is 7.89. The summed E-state index contributed by atoms with van der Waals surface area (Å²) in [6.07, 6.45) is 2.12. The minimum atomic E-state index is -3.59. The Morgan fingerprint density at radius 2 is 1.48 bits per heavy atom. The number of Topliss-reactive ketones (excluding diaryl/α,β-unsaturated/α-hetero) is 1. The van der Waals surface area contributed by atoms with E-state index in [0.717, 1.165) is 25.9 Å². The van der Waals surface area contributed by atoms with Gasteiger partial charge in [-0.2, -0.15) is 4.31 Å². The van der Waals surface area contributed by atoms with Crippen LogP contribution in [0, 0.1) is 0 Å². The molecule has 0 aliphatic carbocycles. The number of carbonyl (C=O) groups is 2. The topological polar surface area (TPSA) is 78.0 Å². The smallest absolute Gasteiger partial charge is 0.243 e. The van der Waals surface area contributed by atoms with Crippen molar-refractivity contribution in [1.82, 2.24) is 14.1 Å². The van der Waals surface area contributed by atoms with Crippen LogP contribution in [0.25, 0.3) is 0 Å². The van der Waals surface area contributed by atoms with Gasteiger partial charge in [0, 0.05) is 44.8 Å². The summed E-state index contributed by atoms with van der Waals surface area (Å²) in [4.78, 5) is 28.1. The van der Waals surface area contributed by atoms with Crippen LogP contribution in [0.4, 0.5) is 0 Å². The zero-order valence-corrected chi connectivity index (χ0v) is 16.7. The second-order valence-electron chi connectivity index (χ2n) is 7.23. The van der Waals surface area contributed by atoms with Crippen LogP contribution in [0.15, 0.2) is 29.2 Å². The number of likely N-dealkylation sites (tertiary alicyclic amines) is 1. The molecule has 0 aromatic heterocycles. The molecule has 27 heavy (non-hydrogen) atoms. The molecule has 7 nitrogen and oxygen atoms in total. The number of nitrogens with zero attached hydrogens (tertiary/aromatic N) is 3. The van der Waals surface area contributed by atoms with E-state index in [1.54, 1.807) is 12.1 Å². The Morgan fingerprint density at radius 3 is 2.00 bits per heavy atom. The van der Waals surface area contributed by atoms with Gasteiger partial charge in [0.05, 0.1) is 10.9 Å². The highest BCUT2D eigenvalue weighted by Gasteiger charge is 2.33. The number of hydrogen-bond acceptors (Lipinski definition) is 5. The molecule has 0 unspecified atom stereocenters. The predicted octanol–water partition coefficient (Wildman–Crippen LogP) is 1.21. The van der Waals surface area contributed by atoms with E-state index in [1.807, 2.05) is 11.8 Å². The van der Waals surface area contributed by atoms with Crippen molar-refractivity contribution >= 4 is 21.7 Å². The fraction of sp³-hybridized carbons (Fsp3) is 0.579. The third kappa shape index (κ3) is 4.23. The van der Waals surface area contributed by atoms with E-state index in [9.17, 15) is 18.0 Å². The average molecular weight is 394 g/mol. The molecule has 2 fully saturated rings. The number of benzene rings is 1. The maximum absolute atomic E-state index is 12.8. The van der Waals surface area contributed by atoms with Crippen LogP contribution in [0.5, 0.6) is 0 Å². The first-order valence-electron chi connectivity index (χ1n) is 9.44. The lowest BCUT2D eigenvalue weighted by atomic mass is 10.2. The van der Waals surface area contributed by atoms with E-state index in [2.05, 4.69) is 4.90 Å². The fourth-order valence-corrected chi connectivity index (χ4v) is 5.12. The maximum Gasteiger partial charge on any atom is 0.243 e. The summed E-state index contributed by atoms with van der Waals surface area (Å²) >= 11 is 0. The van der Waals surface area contributed by atoms with Crippen molar-refractivity contribution in [3.63, 3.8) is 0 Å². The predicted molar refractivity (Wildman–Crippen MR) is 102 cm³/mol. The van der Waals surface area contributed by atoms with Crippen molar-refractivity contribution in [2.75, 3.05) is 39.3 Å². The Hall–Kier alpha value is -1.77. The number of hydrogen-bond donors (Lipinski definition) is 0. The lowest BCUT2D eigenvalue weighted by molar-refractivity contribution is -0.135. The first-order chi connectivity index (χ1) is 12.8. The van der Waals surface area contributed by atoms with Crippen LogP contribution in [0.2, 0.25) is 0 Å². The number of carbonyl (C=O) groups excluding carboxylic acids is 2. The Bertz CT molecular complexity index is 793. The fourth-order valence-electron chi connectivity index (χ4n) is 3.70. The summed E-state index contributed by atoms with van der Waals surface area (Å²) in [7, 11) is -3.59. The molecular weight excluding hydrogens is 366 g/mol. The quantitative estimate of drug-likeness (QED) is 0.703. The van der Waals surface area contributed by atoms with Gasteiger partial charge in [0.25, 0.3) is 0 Å². The first kappa shape index (κ1) is 20.0. The first-order valence-corrected chi connectivity index (χ1v) is 10.9. The van der Waals surface area contributed by atoms with Gasteiger partial charge in [0.2, 0.25) is 15.9 Å². The minimum absolute atomic E-state index is 0.0933. The summed E-state index contributed by atoms with van der Waals surface area (Å²) < 4.78 is 27.1. The van der Waals surface area contributed by atoms with Gasteiger partial charge in [-0.15, -0.1) is 0 Å². The van der Waals surface area contributed by atoms with E-state index >= 15 is 0 Å². The number of rotatable bonds is 5. The molecular formula is C19H27N3O4S. The van der Waals surface area contributed by atoms with Gasteiger partial charge >= 0.3 is 0 Å². The minimum Gasteiger partial charge on any atom is -0.341 e. The molecule has 0 saturated carbocycles. The Balaban J connectivity index is 1.62. The Kier molecular flexibility index (Phi) is 5.98. The van der Waals surface area contributed by atoms with Crippen molar-refractivity contribution < 1.29 is 18.0 Å². The van der Waals surface area contributed by atoms with Crippen molar-refractivity contribution in [3.05, 3.63) is 29.8 Å². The van der Waals surface area contributed by atoms with Crippen LogP contribution in [-0.4, -0.2) is 79.5 Å². The molecule has 2 heterocycles. The molecule has 8 heteroatoms. The van der Waals surface area contributed by atoms with Gasteiger partial charge in [-0.05, 0) is 38.8 Å². The SMILES string of the molecule is CC(=O)c1ccc(S(=O)(=O)N2CCN([C@@H](C)C(=O)N3CCCC3)CC2)cc1. The van der Waals surface area contributed by atoms with Gasteiger partial charge in [-0.3, -0.25) is 14.5 Å². The standard InChI is InChI=1S/C19H27N3O4S/c1-15(19(24)21-9-3-4-10-21)20-11-13-22(14-12-20)27(25,26)18-7-5-17(6-8-18)16(2)23/h5-8,15H,3-4,9-14H2,1-2H3/t15-/m0/s1.